The van der Waals surface area contributed by atoms with E-state index in [4.69, 9.17) is 4.42 Å². The van der Waals surface area contributed by atoms with Crippen LogP contribution in [0.2, 0.25) is 0 Å². The molecule has 0 spiro atoms. The summed E-state index contributed by atoms with van der Waals surface area (Å²) in [6, 6.07) is 14.9. The second-order valence-corrected chi connectivity index (χ2v) is 6.89. The number of rotatable bonds is 4. The standard InChI is InChI=1S/C21H18N4O2/c1-13-10-11-22-25(13)17-7-4-14(5-8-17)20(26)23-16-6-9-19-18(12-16)24-21(27-19)15-2-3-15/h4-12,15H,2-3H2,1H3,(H,23,26). The molecule has 27 heavy (non-hydrogen) atoms. The second-order valence-electron chi connectivity index (χ2n) is 6.89. The van der Waals surface area contributed by atoms with E-state index < -0.39 is 0 Å². The van der Waals surface area contributed by atoms with E-state index in [-0.39, 0.29) is 5.91 Å². The number of fused-ring (bicyclic) bond motifs is 1. The molecule has 1 N–H and O–H groups in total. The van der Waals surface area contributed by atoms with E-state index in [0.29, 0.717) is 17.2 Å². The third-order valence-electron chi connectivity index (χ3n) is 4.79. The Labute approximate surface area is 155 Å². The average molecular weight is 358 g/mol. The summed E-state index contributed by atoms with van der Waals surface area (Å²) in [5, 5.41) is 7.20. The van der Waals surface area contributed by atoms with Crippen LogP contribution in [0.3, 0.4) is 0 Å². The highest BCUT2D eigenvalue weighted by molar-refractivity contribution is 6.05. The number of carbonyl (C=O) groups excluding carboxylic acids is 1. The molecule has 0 unspecified atom stereocenters. The largest absolute Gasteiger partial charge is 0.440 e. The van der Waals surface area contributed by atoms with E-state index in [1.165, 1.54) is 0 Å². The highest BCUT2D eigenvalue weighted by atomic mass is 16.3. The number of oxazole rings is 1. The summed E-state index contributed by atoms with van der Waals surface area (Å²) >= 11 is 0. The molecule has 1 fully saturated rings. The molecule has 2 heterocycles. The van der Waals surface area contributed by atoms with E-state index in [1.807, 2.05) is 48.0 Å². The highest BCUT2D eigenvalue weighted by Crippen LogP contribution is 2.40. The Balaban J connectivity index is 1.35. The van der Waals surface area contributed by atoms with Crippen LogP contribution in [0.25, 0.3) is 16.8 Å². The Morgan fingerprint density at radius 3 is 2.67 bits per heavy atom. The summed E-state index contributed by atoms with van der Waals surface area (Å²) in [7, 11) is 0. The number of anilines is 1. The van der Waals surface area contributed by atoms with Gasteiger partial charge in [-0.15, -0.1) is 0 Å². The summed E-state index contributed by atoms with van der Waals surface area (Å²) < 4.78 is 7.59. The molecule has 0 radical (unpaired) electrons. The van der Waals surface area contributed by atoms with Crippen LogP contribution in [0, 0.1) is 6.92 Å². The number of aryl methyl sites for hydroxylation is 1. The Kier molecular flexibility index (Phi) is 3.57. The molecular formula is C21H18N4O2. The first kappa shape index (κ1) is 15.8. The first-order chi connectivity index (χ1) is 13.2. The van der Waals surface area contributed by atoms with Crippen LogP contribution < -0.4 is 5.32 Å². The van der Waals surface area contributed by atoms with Crippen LogP contribution in [0.15, 0.2) is 59.1 Å². The quantitative estimate of drug-likeness (QED) is 0.585. The van der Waals surface area contributed by atoms with Crippen LogP contribution >= 0.6 is 0 Å². The van der Waals surface area contributed by atoms with Gasteiger partial charge in [0.1, 0.15) is 5.52 Å². The Morgan fingerprint density at radius 2 is 1.96 bits per heavy atom. The summed E-state index contributed by atoms with van der Waals surface area (Å²) in [6.07, 6.45) is 4.04. The first-order valence-corrected chi connectivity index (χ1v) is 9.00. The summed E-state index contributed by atoms with van der Waals surface area (Å²) in [4.78, 5) is 17.1. The SMILES string of the molecule is Cc1ccnn1-c1ccc(C(=O)Nc2ccc3oc(C4CC4)nc3c2)cc1. The first-order valence-electron chi connectivity index (χ1n) is 9.00. The summed E-state index contributed by atoms with van der Waals surface area (Å²) in [6.45, 7) is 1.99. The normalized spacial score (nSPS) is 13.8. The molecule has 5 rings (SSSR count). The molecule has 1 aliphatic carbocycles. The van der Waals surface area contributed by atoms with E-state index >= 15 is 0 Å². The van der Waals surface area contributed by atoms with Crippen molar-refractivity contribution in [2.45, 2.75) is 25.7 Å². The average Bonchev–Trinajstić information content (AvgIpc) is 3.31. The van der Waals surface area contributed by atoms with Gasteiger partial charge in [0.15, 0.2) is 11.5 Å². The Bertz CT molecular complexity index is 1140. The van der Waals surface area contributed by atoms with Crippen molar-refractivity contribution in [2.75, 3.05) is 5.32 Å². The maximum Gasteiger partial charge on any atom is 0.255 e. The molecule has 0 bridgehead atoms. The second kappa shape index (κ2) is 6.09. The fourth-order valence-electron chi connectivity index (χ4n) is 3.13. The minimum Gasteiger partial charge on any atom is -0.440 e. The van der Waals surface area contributed by atoms with Crippen molar-refractivity contribution in [3.05, 3.63) is 71.9 Å². The van der Waals surface area contributed by atoms with Crippen molar-refractivity contribution in [1.29, 1.82) is 0 Å². The van der Waals surface area contributed by atoms with E-state index in [0.717, 1.165) is 41.2 Å². The number of nitrogens with zero attached hydrogens (tertiary/aromatic N) is 3. The number of benzene rings is 2. The van der Waals surface area contributed by atoms with E-state index in [2.05, 4.69) is 15.4 Å². The van der Waals surface area contributed by atoms with E-state index in [1.54, 1.807) is 18.3 Å². The molecule has 6 nitrogen and oxygen atoms in total. The molecule has 134 valence electrons. The lowest BCUT2D eigenvalue weighted by Crippen LogP contribution is -2.12. The van der Waals surface area contributed by atoms with Crippen molar-refractivity contribution in [3.8, 4) is 5.69 Å². The number of hydrogen-bond acceptors (Lipinski definition) is 4. The van der Waals surface area contributed by atoms with Crippen LogP contribution in [0.1, 0.15) is 40.7 Å². The number of carbonyl (C=O) groups is 1. The van der Waals surface area contributed by atoms with Gasteiger partial charge in [-0.3, -0.25) is 4.79 Å². The lowest BCUT2D eigenvalue weighted by Gasteiger charge is -2.07. The molecule has 0 atom stereocenters. The Morgan fingerprint density at radius 1 is 1.15 bits per heavy atom. The lowest BCUT2D eigenvalue weighted by molar-refractivity contribution is 0.102. The fraction of sp³-hybridized carbons (Fsp3) is 0.190. The number of amides is 1. The maximum absolute atomic E-state index is 12.6. The lowest BCUT2D eigenvalue weighted by atomic mass is 10.2. The van der Waals surface area contributed by atoms with Crippen LogP contribution in [-0.2, 0) is 0 Å². The van der Waals surface area contributed by atoms with Gasteiger partial charge >= 0.3 is 0 Å². The minimum absolute atomic E-state index is 0.163. The summed E-state index contributed by atoms with van der Waals surface area (Å²) in [5.41, 5.74) is 4.79. The molecule has 2 aromatic heterocycles. The van der Waals surface area contributed by atoms with Crippen LogP contribution in [0.5, 0.6) is 0 Å². The molecule has 1 saturated carbocycles. The van der Waals surface area contributed by atoms with E-state index in [9.17, 15) is 4.79 Å². The van der Waals surface area contributed by atoms with Crippen molar-refractivity contribution < 1.29 is 9.21 Å². The third-order valence-corrected chi connectivity index (χ3v) is 4.79. The monoisotopic (exact) mass is 358 g/mol. The van der Waals surface area contributed by atoms with Gasteiger partial charge in [-0.25, -0.2) is 9.67 Å². The van der Waals surface area contributed by atoms with Crippen LogP contribution in [0.4, 0.5) is 5.69 Å². The molecule has 4 aromatic rings. The zero-order valence-corrected chi connectivity index (χ0v) is 14.8. The number of aromatic nitrogens is 3. The number of hydrogen-bond donors (Lipinski definition) is 1. The van der Waals surface area contributed by atoms with Gasteiger partial charge in [-0.1, -0.05) is 0 Å². The zero-order chi connectivity index (χ0) is 18.4. The zero-order valence-electron chi connectivity index (χ0n) is 14.8. The molecule has 0 saturated heterocycles. The molecule has 1 aliphatic rings. The van der Waals surface area contributed by atoms with Gasteiger partial charge in [0.05, 0.1) is 5.69 Å². The molecule has 2 aromatic carbocycles. The van der Waals surface area contributed by atoms with Crippen molar-refractivity contribution >= 4 is 22.7 Å². The molecule has 1 amide bonds. The van der Waals surface area contributed by atoms with Gasteiger partial charge in [0.25, 0.3) is 5.91 Å². The minimum atomic E-state index is -0.163. The maximum atomic E-state index is 12.6. The van der Waals surface area contributed by atoms with Gasteiger partial charge in [0, 0.05) is 29.1 Å². The highest BCUT2D eigenvalue weighted by Gasteiger charge is 2.28. The molecular weight excluding hydrogens is 340 g/mol. The topological polar surface area (TPSA) is 73.0 Å². The molecule has 0 aliphatic heterocycles. The van der Waals surface area contributed by atoms with Crippen molar-refractivity contribution in [1.82, 2.24) is 14.8 Å². The van der Waals surface area contributed by atoms with Gasteiger partial charge in [-0.05, 0) is 68.3 Å². The third kappa shape index (κ3) is 2.99. The molecule has 6 heteroatoms. The van der Waals surface area contributed by atoms with Gasteiger partial charge < -0.3 is 9.73 Å². The predicted molar refractivity (Wildman–Crippen MR) is 102 cm³/mol. The van der Waals surface area contributed by atoms with Gasteiger partial charge in [-0.2, -0.15) is 5.10 Å². The number of nitrogens with one attached hydrogen (secondary N) is 1. The van der Waals surface area contributed by atoms with Crippen molar-refractivity contribution in [2.24, 2.45) is 0 Å². The van der Waals surface area contributed by atoms with Gasteiger partial charge in [0.2, 0.25) is 0 Å². The summed E-state index contributed by atoms with van der Waals surface area (Å²) in [5.74, 6) is 1.11. The Hall–Kier alpha value is -3.41. The van der Waals surface area contributed by atoms with Crippen molar-refractivity contribution in [3.63, 3.8) is 0 Å². The van der Waals surface area contributed by atoms with Crippen LogP contribution in [-0.4, -0.2) is 20.7 Å². The fourth-order valence-corrected chi connectivity index (χ4v) is 3.13. The predicted octanol–water partition coefficient (Wildman–Crippen LogP) is 4.45. The smallest absolute Gasteiger partial charge is 0.255 e.